The lowest BCUT2D eigenvalue weighted by Gasteiger charge is -2.36. The van der Waals surface area contributed by atoms with Crippen molar-refractivity contribution in [3.05, 3.63) is 0 Å². The van der Waals surface area contributed by atoms with Crippen molar-refractivity contribution >= 4 is 0 Å². The van der Waals surface area contributed by atoms with Gasteiger partial charge in [-0.25, -0.2) is 0 Å². The Bertz CT molecular complexity index is 162. The van der Waals surface area contributed by atoms with Crippen LogP contribution in [-0.2, 0) is 0 Å². The number of rotatable bonds is 6. The summed E-state index contributed by atoms with van der Waals surface area (Å²) in [4.78, 5) is 0. The first-order chi connectivity index (χ1) is 7.16. The molecule has 15 heavy (non-hydrogen) atoms. The topological polar surface area (TPSA) is 24.1 Å². The second kappa shape index (κ2) is 6.49. The van der Waals surface area contributed by atoms with Crippen molar-refractivity contribution in [2.24, 2.45) is 0 Å². The Morgan fingerprint density at radius 1 is 1.40 bits per heavy atom. The van der Waals surface area contributed by atoms with Gasteiger partial charge in [-0.2, -0.15) is 0 Å². The van der Waals surface area contributed by atoms with Gasteiger partial charge in [-0.05, 0) is 39.7 Å². The minimum Gasteiger partial charge on any atom is -0.312 e. The highest BCUT2D eigenvalue weighted by Gasteiger charge is 2.25. The fraction of sp³-hybridized carbons (Fsp3) is 1.00. The van der Waals surface area contributed by atoms with Gasteiger partial charge in [-0.3, -0.25) is 0 Å². The Morgan fingerprint density at radius 3 is 2.80 bits per heavy atom. The molecule has 90 valence electrons. The van der Waals surface area contributed by atoms with E-state index < -0.39 is 0 Å². The molecule has 2 heteroatoms. The SMILES string of the molecule is CCCCC(C)NCC1(C)CCCCN1. The molecule has 0 aromatic heterocycles. The summed E-state index contributed by atoms with van der Waals surface area (Å²) >= 11 is 0. The van der Waals surface area contributed by atoms with Gasteiger partial charge in [-0.1, -0.05) is 26.2 Å². The summed E-state index contributed by atoms with van der Waals surface area (Å²) in [6.45, 7) is 9.24. The molecule has 0 radical (unpaired) electrons. The van der Waals surface area contributed by atoms with E-state index in [0.717, 1.165) is 6.54 Å². The molecule has 1 aliphatic rings. The molecule has 0 aromatic carbocycles. The van der Waals surface area contributed by atoms with Crippen LogP contribution in [0.2, 0.25) is 0 Å². The van der Waals surface area contributed by atoms with E-state index in [-0.39, 0.29) is 0 Å². The van der Waals surface area contributed by atoms with Gasteiger partial charge >= 0.3 is 0 Å². The van der Waals surface area contributed by atoms with Crippen LogP contribution in [0.5, 0.6) is 0 Å². The summed E-state index contributed by atoms with van der Waals surface area (Å²) in [5.41, 5.74) is 0.346. The first kappa shape index (κ1) is 13.0. The van der Waals surface area contributed by atoms with Gasteiger partial charge in [0.15, 0.2) is 0 Å². The summed E-state index contributed by atoms with van der Waals surface area (Å²) in [5, 5.41) is 7.31. The molecule has 1 fully saturated rings. The molecular weight excluding hydrogens is 184 g/mol. The molecule has 1 heterocycles. The molecule has 0 saturated carbocycles. The molecule has 0 amide bonds. The molecule has 2 N–H and O–H groups in total. The minimum absolute atomic E-state index is 0.346. The van der Waals surface area contributed by atoms with E-state index in [4.69, 9.17) is 0 Å². The van der Waals surface area contributed by atoms with Gasteiger partial charge in [0.2, 0.25) is 0 Å². The maximum absolute atomic E-state index is 3.67. The number of hydrogen-bond acceptors (Lipinski definition) is 2. The van der Waals surface area contributed by atoms with Crippen LogP contribution in [0.25, 0.3) is 0 Å². The highest BCUT2D eigenvalue weighted by molar-refractivity contribution is 4.89. The lowest BCUT2D eigenvalue weighted by molar-refractivity contribution is 0.257. The van der Waals surface area contributed by atoms with Crippen molar-refractivity contribution in [2.75, 3.05) is 13.1 Å². The van der Waals surface area contributed by atoms with E-state index in [1.807, 2.05) is 0 Å². The van der Waals surface area contributed by atoms with E-state index in [1.54, 1.807) is 0 Å². The lowest BCUT2D eigenvalue weighted by atomic mass is 9.90. The molecule has 2 nitrogen and oxygen atoms in total. The quantitative estimate of drug-likeness (QED) is 0.707. The zero-order valence-electron chi connectivity index (χ0n) is 10.7. The first-order valence-corrected chi connectivity index (χ1v) is 6.65. The van der Waals surface area contributed by atoms with E-state index in [1.165, 1.54) is 45.1 Å². The maximum Gasteiger partial charge on any atom is 0.0278 e. The van der Waals surface area contributed by atoms with Gasteiger partial charge in [0, 0.05) is 18.1 Å². The second-order valence-electron chi connectivity index (χ2n) is 5.37. The maximum atomic E-state index is 3.67. The molecule has 0 aliphatic carbocycles. The Labute approximate surface area is 95.2 Å². The Kier molecular flexibility index (Phi) is 5.62. The largest absolute Gasteiger partial charge is 0.312 e. The highest BCUT2D eigenvalue weighted by Crippen LogP contribution is 2.17. The predicted molar refractivity (Wildman–Crippen MR) is 67.2 cm³/mol. The van der Waals surface area contributed by atoms with Crippen LogP contribution >= 0.6 is 0 Å². The molecule has 2 unspecified atom stereocenters. The fourth-order valence-corrected chi connectivity index (χ4v) is 2.28. The van der Waals surface area contributed by atoms with Crippen LogP contribution in [0.15, 0.2) is 0 Å². The number of hydrogen-bond donors (Lipinski definition) is 2. The second-order valence-corrected chi connectivity index (χ2v) is 5.37. The molecule has 0 bridgehead atoms. The van der Waals surface area contributed by atoms with Crippen molar-refractivity contribution in [2.45, 2.75) is 70.9 Å². The molecule has 1 rings (SSSR count). The van der Waals surface area contributed by atoms with Crippen molar-refractivity contribution in [1.82, 2.24) is 10.6 Å². The molecule has 0 aromatic rings. The summed E-state index contributed by atoms with van der Waals surface area (Å²) in [5.74, 6) is 0. The van der Waals surface area contributed by atoms with Crippen LogP contribution in [0, 0.1) is 0 Å². The zero-order valence-corrected chi connectivity index (χ0v) is 10.7. The van der Waals surface area contributed by atoms with Crippen LogP contribution in [0.4, 0.5) is 0 Å². The molecule has 2 atom stereocenters. The molecule has 1 aliphatic heterocycles. The van der Waals surface area contributed by atoms with Crippen molar-refractivity contribution in [1.29, 1.82) is 0 Å². The summed E-state index contributed by atoms with van der Waals surface area (Å²) in [7, 11) is 0. The Morgan fingerprint density at radius 2 is 2.20 bits per heavy atom. The summed E-state index contributed by atoms with van der Waals surface area (Å²) < 4.78 is 0. The van der Waals surface area contributed by atoms with Crippen LogP contribution < -0.4 is 10.6 Å². The number of unbranched alkanes of at least 4 members (excludes halogenated alkanes) is 1. The Balaban J connectivity index is 2.16. The molecule has 0 spiro atoms. The minimum atomic E-state index is 0.346. The lowest BCUT2D eigenvalue weighted by Crippen LogP contribution is -2.53. The van der Waals surface area contributed by atoms with Crippen molar-refractivity contribution in [3.8, 4) is 0 Å². The van der Waals surface area contributed by atoms with Gasteiger partial charge in [0.25, 0.3) is 0 Å². The molecule has 1 saturated heterocycles. The van der Waals surface area contributed by atoms with Crippen molar-refractivity contribution < 1.29 is 0 Å². The van der Waals surface area contributed by atoms with E-state index in [2.05, 4.69) is 31.4 Å². The fourth-order valence-electron chi connectivity index (χ4n) is 2.28. The highest BCUT2D eigenvalue weighted by atomic mass is 15.0. The average molecular weight is 212 g/mol. The van der Waals surface area contributed by atoms with Crippen LogP contribution in [0.3, 0.4) is 0 Å². The average Bonchev–Trinajstić information content (AvgIpc) is 2.25. The van der Waals surface area contributed by atoms with Crippen molar-refractivity contribution in [3.63, 3.8) is 0 Å². The number of nitrogens with one attached hydrogen (secondary N) is 2. The summed E-state index contributed by atoms with van der Waals surface area (Å²) in [6, 6.07) is 0.672. The third kappa shape index (κ3) is 4.98. The third-order valence-electron chi connectivity index (χ3n) is 3.54. The number of piperidine rings is 1. The normalized spacial score (nSPS) is 29.0. The van der Waals surface area contributed by atoms with Gasteiger partial charge in [-0.15, -0.1) is 0 Å². The zero-order chi connectivity index (χ0) is 11.1. The van der Waals surface area contributed by atoms with E-state index in [9.17, 15) is 0 Å². The van der Waals surface area contributed by atoms with E-state index in [0.29, 0.717) is 11.6 Å². The van der Waals surface area contributed by atoms with Crippen LogP contribution in [0.1, 0.15) is 59.3 Å². The molecular formula is C13H28N2. The van der Waals surface area contributed by atoms with Gasteiger partial charge in [0.1, 0.15) is 0 Å². The Hall–Kier alpha value is -0.0800. The summed E-state index contributed by atoms with van der Waals surface area (Å²) in [6.07, 6.45) is 8.02. The van der Waals surface area contributed by atoms with Crippen LogP contribution in [-0.4, -0.2) is 24.7 Å². The first-order valence-electron chi connectivity index (χ1n) is 6.65. The standard InChI is InChI=1S/C13H28N2/c1-4-5-8-12(2)14-11-13(3)9-6-7-10-15-13/h12,14-15H,4-11H2,1-3H3. The predicted octanol–water partition coefficient (Wildman–Crippen LogP) is 2.69. The monoisotopic (exact) mass is 212 g/mol. The van der Waals surface area contributed by atoms with Gasteiger partial charge in [0.05, 0.1) is 0 Å². The van der Waals surface area contributed by atoms with Gasteiger partial charge < -0.3 is 10.6 Å². The van der Waals surface area contributed by atoms with E-state index >= 15 is 0 Å². The smallest absolute Gasteiger partial charge is 0.0278 e. The third-order valence-corrected chi connectivity index (χ3v) is 3.54.